The number of nitriles is 1. The monoisotopic (exact) mass is 326 g/mol. The van der Waals surface area contributed by atoms with Gasteiger partial charge in [-0.15, -0.1) is 0 Å². The first-order chi connectivity index (χ1) is 11.5. The smallest absolute Gasteiger partial charge is 0.349 e. The summed E-state index contributed by atoms with van der Waals surface area (Å²) in [5.41, 5.74) is 1.72. The Balaban J connectivity index is 1.91. The van der Waals surface area contributed by atoms with E-state index in [1.54, 1.807) is 4.90 Å². The first-order valence-electron chi connectivity index (χ1n) is 8.13. The van der Waals surface area contributed by atoms with Gasteiger partial charge in [0.2, 0.25) is 0 Å². The van der Waals surface area contributed by atoms with Crippen LogP contribution in [0.3, 0.4) is 0 Å². The van der Waals surface area contributed by atoms with Crippen molar-refractivity contribution in [3.63, 3.8) is 0 Å². The van der Waals surface area contributed by atoms with Gasteiger partial charge in [0.1, 0.15) is 11.6 Å². The number of nitrogens with zero attached hydrogens (tertiary/aromatic N) is 2. The lowest BCUT2D eigenvalue weighted by Crippen LogP contribution is -2.40. The number of carbonyl (C=O) groups excluding carboxylic acids is 2. The summed E-state index contributed by atoms with van der Waals surface area (Å²) >= 11 is 0. The van der Waals surface area contributed by atoms with E-state index in [2.05, 4.69) is 6.92 Å². The van der Waals surface area contributed by atoms with Crippen LogP contribution >= 0.6 is 0 Å². The molecular weight excluding hydrogens is 304 g/mol. The highest BCUT2D eigenvalue weighted by molar-refractivity contribution is 5.98. The number of rotatable bonds is 4. The number of piperidine rings is 1. The van der Waals surface area contributed by atoms with Crippen LogP contribution in [-0.2, 0) is 14.3 Å². The van der Waals surface area contributed by atoms with Crippen LogP contribution in [0.4, 0.5) is 0 Å². The van der Waals surface area contributed by atoms with Crippen molar-refractivity contribution in [3.05, 3.63) is 41.0 Å². The second kappa shape index (κ2) is 8.30. The van der Waals surface area contributed by atoms with E-state index >= 15 is 0 Å². The molecule has 0 aromatic heterocycles. The third-order valence-corrected chi connectivity index (χ3v) is 4.19. The molecule has 1 saturated heterocycles. The van der Waals surface area contributed by atoms with E-state index in [1.165, 1.54) is 6.08 Å². The molecular formula is C19H22N2O3. The van der Waals surface area contributed by atoms with Gasteiger partial charge < -0.3 is 9.64 Å². The summed E-state index contributed by atoms with van der Waals surface area (Å²) in [6.07, 6.45) is 3.40. The zero-order chi connectivity index (χ0) is 17.5. The molecule has 1 amide bonds. The fourth-order valence-corrected chi connectivity index (χ4v) is 2.52. The predicted octanol–water partition coefficient (Wildman–Crippen LogP) is 2.70. The molecule has 1 aliphatic heterocycles. The molecule has 0 bridgehead atoms. The molecule has 0 atom stereocenters. The SMILES string of the molecule is Cc1ccc(/C=C(\C#N)C(=O)OCC(=O)N2CCC(C)CC2)cc1. The lowest BCUT2D eigenvalue weighted by molar-refractivity contribution is -0.149. The average molecular weight is 326 g/mol. The van der Waals surface area contributed by atoms with Crippen LogP contribution < -0.4 is 0 Å². The molecule has 0 radical (unpaired) electrons. The lowest BCUT2D eigenvalue weighted by Gasteiger charge is -2.30. The average Bonchev–Trinajstić information content (AvgIpc) is 2.59. The Labute approximate surface area is 142 Å². The van der Waals surface area contributed by atoms with Crippen molar-refractivity contribution >= 4 is 18.0 Å². The number of hydrogen-bond acceptors (Lipinski definition) is 4. The van der Waals surface area contributed by atoms with Crippen molar-refractivity contribution in [1.29, 1.82) is 5.26 Å². The van der Waals surface area contributed by atoms with Gasteiger partial charge in [-0.2, -0.15) is 5.26 Å². The molecule has 0 N–H and O–H groups in total. The number of aryl methyl sites for hydroxylation is 1. The maximum Gasteiger partial charge on any atom is 0.349 e. The topological polar surface area (TPSA) is 70.4 Å². The molecule has 5 nitrogen and oxygen atoms in total. The van der Waals surface area contributed by atoms with Crippen LogP contribution in [0.15, 0.2) is 29.8 Å². The fourth-order valence-electron chi connectivity index (χ4n) is 2.52. The molecule has 24 heavy (non-hydrogen) atoms. The van der Waals surface area contributed by atoms with E-state index in [-0.39, 0.29) is 18.1 Å². The van der Waals surface area contributed by atoms with Crippen LogP contribution in [0.5, 0.6) is 0 Å². The minimum atomic E-state index is -0.767. The molecule has 0 unspecified atom stereocenters. The van der Waals surface area contributed by atoms with Crippen molar-refractivity contribution in [1.82, 2.24) is 4.90 Å². The van der Waals surface area contributed by atoms with Gasteiger partial charge in [-0.1, -0.05) is 36.8 Å². The standard InChI is InChI=1S/C19H22N2O3/c1-14-3-5-16(6-4-14)11-17(12-20)19(23)24-13-18(22)21-9-7-15(2)8-10-21/h3-6,11,15H,7-10,13H2,1-2H3/b17-11+. The van der Waals surface area contributed by atoms with Crippen molar-refractivity contribution in [2.75, 3.05) is 19.7 Å². The Morgan fingerprint density at radius 2 is 1.92 bits per heavy atom. The summed E-state index contributed by atoms with van der Waals surface area (Å²) < 4.78 is 5.01. The third-order valence-electron chi connectivity index (χ3n) is 4.19. The molecule has 0 aliphatic carbocycles. The number of benzene rings is 1. The maximum absolute atomic E-state index is 12.1. The van der Waals surface area contributed by atoms with Gasteiger partial charge in [-0.05, 0) is 37.3 Å². The van der Waals surface area contributed by atoms with Gasteiger partial charge in [0.05, 0.1) is 0 Å². The fraction of sp³-hybridized carbons (Fsp3) is 0.421. The molecule has 1 aromatic rings. The van der Waals surface area contributed by atoms with Crippen LogP contribution in [0.1, 0.15) is 30.9 Å². The van der Waals surface area contributed by atoms with Gasteiger partial charge in [0, 0.05) is 13.1 Å². The van der Waals surface area contributed by atoms with Crippen molar-refractivity contribution in [2.24, 2.45) is 5.92 Å². The highest BCUT2D eigenvalue weighted by atomic mass is 16.5. The zero-order valence-electron chi connectivity index (χ0n) is 14.1. The summed E-state index contributed by atoms with van der Waals surface area (Å²) in [6, 6.07) is 9.27. The molecule has 5 heteroatoms. The Kier molecular flexibility index (Phi) is 6.14. The number of esters is 1. The Morgan fingerprint density at radius 3 is 2.50 bits per heavy atom. The third kappa shape index (κ3) is 4.95. The highest BCUT2D eigenvalue weighted by Gasteiger charge is 2.22. The maximum atomic E-state index is 12.1. The van der Waals surface area contributed by atoms with E-state index in [0.717, 1.165) is 24.0 Å². The first kappa shape index (κ1) is 17.7. The highest BCUT2D eigenvalue weighted by Crippen LogP contribution is 2.16. The second-order valence-corrected chi connectivity index (χ2v) is 6.22. The van der Waals surface area contributed by atoms with Crippen LogP contribution in [0.25, 0.3) is 6.08 Å². The Hall–Kier alpha value is -2.61. The molecule has 0 saturated carbocycles. The van der Waals surface area contributed by atoms with E-state index in [9.17, 15) is 9.59 Å². The summed E-state index contributed by atoms with van der Waals surface area (Å²) in [6.45, 7) is 5.20. The molecule has 1 aliphatic rings. The number of amides is 1. The van der Waals surface area contributed by atoms with Crippen molar-refractivity contribution in [2.45, 2.75) is 26.7 Å². The molecule has 0 spiro atoms. The van der Waals surface area contributed by atoms with Gasteiger partial charge in [-0.25, -0.2) is 4.79 Å². The van der Waals surface area contributed by atoms with Gasteiger partial charge in [-0.3, -0.25) is 4.79 Å². The summed E-state index contributed by atoms with van der Waals surface area (Å²) in [7, 11) is 0. The summed E-state index contributed by atoms with van der Waals surface area (Å²) in [5.74, 6) is -0.348. The molecule has 1 fully saturated rings. The molecule has 1 aromatic carbocycles. The minimum Gasteiger partial charge on any atom is -0.451 e. The molecule has 1 heterocycles. The Bertz CT molecular complexity index is 663. The molecule has 2 rings (SSSR count). The number of carbonyl (C=O) groups is 2. The minimum absolute atomic E-state index is 0.112. The number of ether oxygens (including phenoxy) is 1. The summed E-state index contributed by atoms with van der Waals surface area (Å²) in [4.78, 5) is 25.8. The van der Waals surface area contributed by atoms with Crippen molar-refractivity contribution < 1.29 is 14.3 Å². The van der Waals surface area contributed by atoms with E-state index in [1.807, 2.05) is 37.3 Å². The van der Waals surface area contributed by atoms with E-state index in [0.29, 0.717) is 19.0 Å². The van der Waals surface area contributed by atoms with Gasteiger partial charge in [0.15, 0.2) is 6.61 Å². The quantitative estimate of drug-likeness (QED) is 0.484. The lowest BCUT2D eigenvalue weighted by atomic mass is 9.99. The number of hydrogen-bond donors (Lipinski definition) is 0. The van der Waals surface area contributed by atoms with Crippen LogP contribution in [-0.4, -0.2) is 36.5 Å². The van der Waals surface area contributed by atoms with Crippen molar-refractivity contribution in [3.8, 4) is 6.07 Å². The number of likely N-dealkylation sites (tertiary alicyclic amines) is 1. The van der Waals surface area contributed by atoms with Crippen LogP contribution in [0.2, 0.25) is 0 Å². The first-order valence-corrected chi connectivity index (χ1v) is 8.13. The van der Waals surface area contributed by atoms with E-state index in [4.69, 9.17) is 10.00 Å². The van der Waals surface area contributed by atoms with Gasteiger partial charge in [0.25, 0.3) is 5.91 Å². The zero-order valence-corrected chi connectivity index (χ0v) is 14.1. The normalized spacial score (nSPS) is 15.7. The van der Waals surface area contributed by atoms with Gasteiger partial charge >= 0.3 is 5.97 Å². The Morgan fingerprint density at radius 1 is 1.29 bits per heavy atom. The largest absolute Gasteiger partial charge is 0.451 e. The summed E-state index contributed by atoms with van der Waals surface area (Å²) in [5, 5.41) is 9.14. The molecule has 126 valence electrons. The van der Waals surface area contributed by atoms with Crippen LogP contribution in [0, 0.1) is 24.2 Å². The van der Waals surface area contributed by atoms with E-state index < -0.39 is 5.97 Å². The predicted molar refractivity (Wildman–Crippen MR) is 90.7 cm³/mol. The second-order valence-electron chi connectivity index (χ2n) is 6.22.